The average Bonchev–Trinajstić information content (AvgIpc) is 3.30. The molecule has 0 fully saturated rings. The molecule has 4 rings (SSSR count). The van der Waals surface area contributed by atoms with Crippen LogP contribution in [-0.2, 0) is 13.0 Å². The number of rotatable bonds is 9. The summed E-state index contributed by atoms with van der Waals surface area (Å²) in [5.74, 6) is 2.39. The monoisotopic (exact) mass is 485 g/mol. The Kier molecular flexibility index (Phi) is 7.39. The SMILES string of the molecule is C=CCc1cc(/C=C(/C#N)c2nc3ccc(OC)cc3[nH]2)cc(OC)c1OCc1ccc(Cl)cc1. The van der Waals surface area contributed by atoms with Gasteiger partial charge in [0.25, 0.3) is 0 Å². The van der Waals surface area contributed by atoms with E-state index in [9.17, 15) is 5.26 Å². The van der Waals surface area contributed by atoms with Crippen LogP contribution in [0.25, 0.3) is 22.7 Å². The second-order valence-electron chi connectivity index (χ2n) is 7.76. The fourth-order valence-corrected chi connectivity index (χ4v) is 3.82. The molecule has 0 aliphatic carbocycles. The van der Waals surface area contributed by atoms with Crippen molar-refractivity contribution < 1.29 is 14.2 Å². The lowest BCUT2D eigenvalue weighted by Crippen LogP contribution is -2.02. The van der Waals surface area contributed by atoms with Gasteiger partial charge >= 0.3 is 0 Å². The highest BCUT2D eigenvalue weighted by Crippen LogP contribution is 2.35. The van der Waals surface area contributed by atoms with Gasteiger partial charge in [0.05, 0.1) is 30.8 Å². The molecule has 1 heterocycles. The Morgan fingerprint density at radius 1 is 1.11 bits per heavy atom. The van der Waals surface area contributed by atoms with Gasteiger partial charge in [-0.2, -0.15) is 5.26 Å². The zero-order chi connectivity index (χ0) is 24.8. The Labute approximate surface area is 209 Å². The van der Waals surface area contributed by atoms with Crippen molar-refractivity contribution in [1.29, 1.82) is 5.26 Å². The molecule has 7 heteroatoms. The minimum absolute atomic E-state index is 0.360. The molecule has 0 unspecified atom stereocenters. The molecule has 0 spiro atoms. The number of benzene rings is 3. The van der Waals surface area contributed by atoms with Gasteiger partial charge in [-0.15, -0.1) is 6.58 Å². The highest BCUT2D eigenvalue weighted by atomic mass is 35.5. The van der Waals surface area contributed by atoms with Crippen LogP contribution in [0.4, 0.5) is 0 Å². The van der Waals surface area contributed by atoms with Gasteiger partial charge < -0.3 is 19.2 Å². The second-order valence-corrected chi connectivity index (χ2v) is 8.19. The minimum Gasteiger partial charge on any atom is -0.497 e. The summed E-state index contributed by atoms with van der Waals surface area (Å²) in [6.45, 7) is 4.23. The number of nitrogens with zero attached hydrogens (tertiary/aromatic N) is 2. The van der Waals surface area contributed by atoms with Gasteiger partial charge in [-0.25, -0.2) is 4.98 Å². The summed E-state index contributed by atoms with van der Waals surface area (Å²) in [6, 6.07) is 19.1. The summed E-state index contributed by atoms with van der Waals surface area (Å²) in [5.41, 5.74) is 4.59. The van der Waals surface area contributed by atoms with Crippen molar-refractivity contribution >= 4 is 34.3 Å². The molecule has 0 bridgehead atoms. The van der Waals surface area contributed by atoms with E-state index in [2.05, 4.69) is 22.6 Å². The van der Waals surface area contributed by atoms with Gasteiger partial charge in [-0.3, -0.25) is 0 Å². The van der Waals surface area contributed by atoms with Gasteiger partial charge in [0.1, 0.15) is 24.3 Å². The number of hydrogen-bond donors (Lipinski definition) is 1. The van der Waals surface area contributed by atoms with E-state index in [1.807, 2.05) is 54.6 Å². The van der Waals surface area contributed by atoms with Crippen molar-refractivity contribution in [3.8, 4) is 23.3 Å². The highest BCUT2D eigenvalue weighted by Gasteiger charge is 2.15. The molecule has 3 aromatic carbocycles. The molecule has 0 atom stereocenters. The summed E-state index contributed by atoms with van der Waals surface area (Å²) in [4.78, 5) is 7.76. The third-order valence-electron chi connectivity index (χ3n) is 5.41. The standard InChI is InChI=1S/C28H24ClN3O3/c1-4-5-20-12-19(14-26(34-3)27(20)35-17-18-6-8-22(29)9-7-18)13-21(16-30)28-31-24-11-10-23(33-2)15-25(24)32-28/h4,6-15H,1,5,17H2,2-3H3,(H,31,32)/b21-13-. The molecule has 0 aliphatic rings. The van der Waals surface area contributed by atoms with E-state index in [0.717, 1.165) is 27.7 Å². The molecule has 0 amide bonds. The van der Waals surface area contributed by atoms with Crippen molar-refractivity contribution in [2.45, 2.75) is 13.0 Å². The van der Waals surface area contributed by atoms with E-state index in [1.54, 1.807) is 26.4 Å². The lowest BCUT2D eigenvalue weighted by molar-refractivity contribution is 0.282. The number of nitriles is 1. The first-order valence-corrected chi connectivity index (χ1v) is 11.3. The lowest BCUT2D eigenvalue weighted by Gasteiger charge is -2.16. The van der Waals surface area contributed by atoms with Gasteiger partial charge in [-0.05, 0) is 60.0 Å². The van der Waals surface area contributed by atoms with Crippen LogP contribution < -0.4 is 14.2 Å². The van der Waals surface area contributed by atoms with E-state index < -0.39 is 0 Å². The number of aromatic amines is 1. The first-order chi connectivity index (χ1) is 17.0. The van der Waals surface area contributed by atoms with Crippen molar-refractivity contribution in [3.63, 3.8) is 0 Å². The predicted molar refractivity (Wildman–Crippen MR) is 139 cm³/mol. The van der Waals surface area contributed by atoms with Crippen LogP contribution in [0.2, 0.25) is 5.02 Å². The van der Waals surface area contributed by atoms with Gasteiger partial charge in [0.15, 0.2) is 11.5 Å². The van der Waals surface area contributed by atoms with Crippen LogP contribution in [-0.4, -0.2) is 24.2 Å². The Balaban J connectivity index is 1.69. The number of imidazole rings is 1. The predicted octanol–water partition coefficient (Wildman–Crippen LogP) is 6.61. The van der Waals surface area contributed by atoms with E-state index >= 15 is 0 Å². The molecular formula is C28H24ClN3O3. The summed E-state index contributed by atoms with van der Waals surface area (Å²) in [6.07, 6.45) is 4.14. The topological polar surface area (TPSA) is 80.2 Å². The summed E-state index contributed by atoms with van der Waals surface area (Å²) in [5, 5.41) is 10.5. The first-order valence-electron chi connectivity index (χ1n) is 10.9. The van der Waals surface area contributed by atoms with Crippen LogP contribution in [0, 0.1) is 11.3 Å². The van der Waals surface area contributed by atoms with Crippen molar-refractivity contribution in [1.82, 2.24) is 9.97 Å². The van der Waals surface area contributed by atoms with Gasteiger partial charge in [-0.1, -0.05) is 29.8 Å². The van der Waals surface area contributed by atoms with E-state index in [1.165, 1.54) is 0 Å². The van der Waals surface area contributed by atoms with Crippen LogP contribution >= 0.6 is 11.6 Å². The number of aromatic nitrogens is 2. The number of hydrogen-bond acceptors (Lipinski definition) is 5. The number of H-pyrrole nitrogens is 1. The molecule has 0 saturated carbocycles. The molecule has 6 nitrogen and oxygen atoms in total. The van der Waals surface area contributed by atoms with Crippen LogP contribution in [0.3, 0.4) is 0 Å². The Bertz CT molecular complexity index is 1430. The average molecular weight is 486 g/mol. The smallest absolute Gasteiger partial charge is 0.165 e. The van der Waals surface area contributed by atoms with Crippen molar-refractivity contribution in [2.24, 2.45) is 0 Å². The Morgan fingerprint density at radius 2 is 1.91 bits per heavy atom. The van der Waals surface area contributed by atoms with Crippen molar-refractivity contribution in [2.75, 3.05) is 14.2 Å². The number of allylic oxidation sites excluding steroid dienone is 2. The fraction of sp³-hybridized carbons (Fsp3) is 0.143. The Hall–Kier alpha value is -4.21. The molecule has 0 aliphatic heterocycles. The zero-order valence-electron chi connectivity index (χ0n) is 19.5. The number of fused-ring (bicyclic) bond motifs is 1. The van der Waals surface area contributed by atoms with E-state index in [-0.39, 0.29) is 0 Å². The Morgan fingerprint density at radius 3 is 2.60 bits per heavy atom. The molecule has 1 N–H and O–H groups in total. The number of nitrogens with one attached hydrogen (secondary N) is 1. The third-order valence-corrected chi connectivity index (χ3v) is 5.66. The summed E-state index contributed by atoms with van der Waals surface area (Å²) in [7, 11) is 3.20. The fourth-order valence-electron chi connectivity index (χ4n) is 3.69. The van der Waals surface area contributed by atoms with Gasteiger partial charge in [0, 0.05) is 16.7 Å². The van der Waals surface area contributed by atoms with Crippen LogP contribution in [0.15, 0.2) is 67.3 Å². The number of ether oxygens (including phenoxy) is 3. The molecule has 1 aromatic heterocycles. The van der Waals surface area contributed by atoms with E-state index in [4.69, 9.17) is 25.8 Å². The molecule has 0 radical (unpaired) electrons. The van der Waals surface area contributed by atoms with Crippen LogP contribution in [0.1, 0.15) is 22.5 Å². The maximum absolute atomic E-state index is 9.87. The summed E-state index contributed by atoms with van der Waals surface area (Å²) < 4.78 is 17.1. The largest absolute Gasteiger partial charge is 0.497 e. The third kappa shape index (κ3) is 5.48. The lowest BCUT2D eigenvalue weighted by atomic mass is 10.0. The molecule has 4 aromatic rings. The second kappa shape index (κ2) is 10.8. The first kappa shape index (κ1) is 23.9. The van der Waals surface area contributed by atoms with Crippen molar-refractivity contribution in [3.05, 3.63) is 94.8 Å². The van der Waals surface area contributed by atoms with Gasteiger partial charge in [0.2, 0.25) is 0 Å². The quantitative estimate of drug-likeness (QED) is 0.213. The normalized spacial score (nSPS) is 11.2. The summed E-state index contributed by atoms with van der Waals surface area (Å²) >= 11 is 5.98. The molecule has 176 valence electrons. The zero-order valence-corrected chi connectivity index (χ0v) is 20.2. The number of methoxy groups -OCH3 is 2. The van der Waals surface area contributed by atoms with Crippen LogP contribution in [0.5, 0.6) is 17.2 Å². The van der Waals surface area contributed by atoms with E-state index in [0.29, 0.717) is 46.7 Å². The minimum atomic E-state index is 0.360. The molecular weight excluding hydrogens is 462 g/mol. The maximum atomic E-state index is 9.87. The highest BCUT2D eigenvalue weighted by molar-refractivity contribution is 6.30. The molecule has 0 saturated heterocycles. The maximum Gasteiger partial charge on any atom is 0.165 e. The number of halogens is 1. The molecule has 35 heavy (non-hydrogen) atoms.